The Hall–Kier alpha value is -1.02. The topological polar surface area (TPSA) is 13.1 Å². The lowest BCUT2D eigenvalue weighted by molar-refractivity contribution is 0.511. The first kappa shape index (κ1) is 9.22. The molecule has 15 heavy (non-hydrogen) atoms. The van der Waals surface area contributed by atoms with Gasteiger partial charge in [0.05, 0.1) is 0 Å². The standard InChI is InChI=1S/C13H11BrO/c1-8-6-13-10(7-11(8)14)9-4-2-3-5-12(9)15-13/h2-5,7-8H,6H2,1H3. The zero-order valence-corrected chi connectivity index (χ0v) is 10.0. The van der Waals surface area contributed by atoms with E-state index in [9.17, 15) is 0 Å². The second-order valence-corrected chi connectivity index (χ2v) is 4.99. The van der Waals surface area contributed by atoms with E-state index >= 15 is 0 Å². The van der Waals surface area contributed by atoms with E-state index in [2.05, 4.69) is 41.1 Å². The van der Waals surface area contributed by atoms with Crippen LogP contribution in [0.3, 0.4) is 0 Å². The lowest BCUT2D eigenvalue weighted by atomic mass is 9.95. The molecule has 1 heterocycles. The van der Waals surface area contributed by atoms with E-state index < -0.39 is 0 Å². The van der Waals surface area contributed by atoms with Crippen molar-refractivity contribution in [3.63, 3.8) is 0 Å². The fraction of sp³-hybridized carbons (Fsp3) is 0.231. The highest BCUT2D eigenvalue weighted by molar-refractivity contribution is 9.11. The lowest BCUT2D eigenvalue weighted by Gasteiger charge is -2.14. The molecule has 1 aromatic carbocycles. The molecule has 0 spiro atoms. The van der Waals surface area contributed by atoms with E-state index in [0.717, 1.165) is 17.8 Å². The van der Waals surface area contributed by atoms with Gasteiger partial charge in [0, 0.05) is 17.4 Å². The van der Waals surface area contributed by atoms with Crippen LogP contribution in [0.25, 0.3) is 17.0 Å². The molecule has 1 aliphatic carbocycles. The molecule has 1 nitrogen and oxygen atoms in total. The van der Waals surface area contributed by atoms with Crippen molar-refractivity contribution in [3.05, 3.63) is 40.1 Å². The minimum Gasteiger partial charge on any atom is -0.460 e. The number of fused-ring (bicyclic) bond motifs is 3. The van der Waals surface area contributed by atoms with Gasteiger partial charge in [-0.1, -0.05) is 41.1 Å². The van der Waals surface area contributed by atoms with Gasteiger partial charge < -0.3 is 4.42 Å². The Kier molecular flexibility index (Phi) is 1.99. The largest absolute Gasteiger partial charge is 0.460 e. The van der Waals surface area contributed by atoms with E-state index in [1.807, 2.05) is 12.1 Å². The Labute approximate surface area is 96.9 Å². The second-order valence-electron chi connectivity index (χ2n) is 4.07. The van der Waals surface area contributed by atoms with E-state index in [1.54, 1.807) is 0 Å². The number of benzene rings is 1. The predicted molar refractivity (Wildman–Crippen MR) is 66.0 cm³/mol. The summed E-state index contributed by atoms with van der Waals surface area (Å²) < 4.78 is 7.11. The Morgan fingerprint density at radius 3 is 3.00 bits per heavy atom. The van der Waals surface area contributed by atoms with Gasteiger partial charge in [-0.2, -0.15) is 0 Å². The highest BCUT2D eigenvalue weighted by Gasteiger charge is 2.21. The van der Waals surface area contributed by atoms with Gasteiger partial charge in [0.2, 0.25) is 0 Å². The molecule has 1 atom stereocenters. The number of hydrogen-bond acceptors (Lipinski definition) is 1. The normalized spacial score (nSPS) is 20.1. The molecule has 0 fully saturated rings. The Balaban J connectivity index is 2.32. The van der Waals surface area contributed by atoms with Crippen LogP contribution in [0.1, 0.15) is 18.2 Å². The Morgan fingerprint density at radius 2 is 2.13 bits per heavy atom. The summed E-state index contributed by atoms with van der Waals surface area (Å²) in [7, 11) is 0. The fourth-order valence-electron chi connectivity index (χ4n) is 2.08. The molecule has 0 saturated carbocycles. The number of para-hydroxylation sites is 1. The number of allylic oxidation sites excluding steroid dienone is 1. The number of rotatable bonds is 0. The van der Waals surface area contributed by atoms with Crippen molar-refractivity contribution in [3.8, 4) is 0 Å². The average Bonchev–Trinajstić information content (AvgIpc) is 2.57. The molecule has 0 amide bonds. The van der Waals surface area contributed by atoms with Gasteiger partial charge in [0.15, 0.2) is 0 Å². The molecular formula is C13H11BrO. The van der Waals surface area contributed by atoms with Crippen LogP contribution < -0.4 is 0 Å². The molecule has 0 radical (unpaired) electrons. The third kappa shape index (κ3) is 1.36. The van der Waals surface area contributed by atoms with Crippen LogP contribution in [0.5, 0.6) is 0 Å². The van der Waals surface area contributed by atoms with Gasteiger partial charge in [0.1, 0.15) is 11.3 Å². The molecule has 1 aromatic heterocycles. The van der Waals surface area contributed by atoms with E-state index in [0.29, 0.717) is 5.92 Å². The SMILES string of the molecule is CC1Cc2oc3ccccc3c2C=C1Br. The van der Waals surface area contributed by atoms with Gasteiger partial charge >= 0.3 is 0 Å². The second kappa shape index (κ2) is 3.24. The summed E-state index contributed by atoms with van der Waals surface area (Å²) in [6.07, 6.45) is 3.18. The van der Waals surface area contributed by atoms with Crippen molar-refractivity contribution < 1.29 is 4.42 Å². The number of furan rings is 1. The quantitative estimate of drug-likeness (QED) is 0.688. The first-order valence-electron chi connectivity index (χ1n) is 5.13. The molecule has 0 N–H and O–H groups in total. The minimum absolute atomic E-state index is 0.526. The summed E-state index contributed by atoms with van der Waals surface area (Å²) in [5.74, 6) is 1.64. The summed E-state index contributed by atoms with van der Waals surface area (Å²) in [4.78, 5) is 0. The molecular weight excluding hydrogens is 252 g/mol. The summed E-state index contributed by atoms with van der Waals surface area (Å²) in [6.45, 7) is 2.21. The van der Waals surface area contributed by atoms with Crippen molar-refractivity contribution in [2.24, 2.45) is 5.92 Å². The Morgan fingerprint density at radius 1 is 1.33 bits per heavy atom. The van der Waals surface area contributed by atoms with Crippen LogP contribution >= 0.6 is 15.9 Å². The molecule has 0 saturated heterocycles. The van der Waals surface area contributed by atoms with Crippen LogP contribution in [0.2, 0.25) is 0 Å². The highest BCUT2D eigenvalue weighted by Crippen LogP contribution is 2.37. The molecule has 1 aliphatic rings. The van der Waals surface area contributed by atoms with E-state index in [-0.39, 0.29) is 0 Å². The van der Waals surface area contributed by atoms with Gasteiger partial charge in [-0.25, -0.2) is 0 Å². The van der Waals surface area contributed by atoms with Crippen molar-refractivity contribution in [1.29, 1.82) is 0 Å². The van der Waals surface area contributed by atoms with Gasteiger partial charge in [-0.15, -0.1) is 0 Å². The Bertz CT molecular complexity index is 551. The van der Waals surface area contributed by atoms with Gasteiger partial charge in [-0.05, 0) is 22.5 Å². The van der Waals surface area contributed by atoms with Crippen LogP contribution in [-0.2, 0) is 6.42 Å². The first-order chi connectivity index (χ1) is 7.25. The predicted octanol–water partition coefficient (Wildman–Crippen LogP) is 4.36. The summed E-state index contributed by atoms with van der Waals surface area (Å²) in [6, 6.07) is 8.21. The zero-order valence-electron chi connectivity index (χ0n) is 8.46. The minimum atomic E-state index is 0.526. The van der Waals surface area contributed by atoms with E-state index in [4.69, 9.17) is 4.42 Å². The smallest absolute Gasteiger partial charge is 0.134 e. The number of halogens is 1. The first-order valence-corrected chi connectivity index (χ1v) is 5.92. The fourth-order valence-corrected chi connectivity index (χ4v) is 2.47. The van der Waals surface area contributed by atoms with Gasteiger partial charge in [0.25, 0.3) is 0 Å². The summed E-state index contributed by atoms with van der Waals surface area (Å²) >= 11 is 3.61. The van der Waals surface area contributed by atoms with Crippen LogP contribution in [0.4, 0.5) is 0 Å². The number of hydrogen-bond donors (Lipinski definition) is 0. The third-order valence-electron chi connectivity index (χ3n) is 2.96. The average molecular weight is 263 g/mol. The molecule has 2 heteroatoms. The molecule has 2 aromatic rings. The van der Waals surface area contributed by atoms with E-state index in [1.165, 1.54) is 15.4 Å². The monoisotopic (exact) mass is 262 g/mol. The lowest BCUT2D eigenvalue weighted by Crippen LogP contribution is -2.04. The van der Waals surface area contributed by atoms with Crippen molar-refractivity contribution in [2.75, 3.05) is 0 Å². The molecule has 3 rings (SSSR count). The van der Waals surface area contributed by atoms with Crippen molar-refractivity contribution in [2.45, 2.75) is 13.3 Å². The van der Waals surface area contributed by atoms with Crippen molar-refractivity contribution in [1.82, 2.24) is 0 Å². The molecule has 0 bridgehead atoms. The van der Waals surface area contributed by atoms with Crippen molar-refractivity contribution >= 4 is 33.0 Å². The van der Waals surface area contributed by atoms with Gasteiger partial charge in [-0.3, -0.25) is 0 Å². The summed E-state index contributed by atoms with van der Waals surface area (Å²) in [5.41, 5.74) is 2.24. The maximum absolute atomic E-state index is 5.84. The van der Waals surface area contributed by atoms with Crippen LogP contribution in [0, 0.1) is 5.92 Å². The summed E-state index contributed by atoms with van der Waals surface area (Å²) in [5, 5.41) is 1.22. The zero-order chi connectivity index (χ0) is 10.4. The van der Waals surface area contributed by atoms with Crippen LogP contribution in [-0.4, -0.2) is 0 Å². The highest BCUT2D eigenvalue weighted by atomic mass is 79.9. The molecule has 76 valence electrons. The van der Waals surface area contributed by atoms with Crippen LogP contribution in [0.15, 0.2) is 33.2 Å². The molecule has 0 aliphatic heterocycles. The maximum Gasteiger partial charge on any atom is 0.134 e. The third-order valence-corrected chi connectivity index (χ3v) is 3.97. The maximum atomic E-state index is 5.84. The molecule has 1 unspecified atom stereocenters.